The van der Waals surface area contributed by atoms with Gasteiger partial charge in [0.05, 0.1) is 33.8 Å². The minimum absolute atomic E-state index is 0.00598. The van der Waals surface area contributed by atoms with E-state index in [1.54, 1.807) is 11.8 Å². The van der Waals surface area contributed by atoms with Crippen molar-refractivity contribution in [1.29, 1.82) is 5.26 Å². The van der Waals surface area contributed by atoms with Crippen LogP contribution in [0.4, 0.5) is 18.9 Å². The highest BCUT2D eigenvalue weighted by Gasteiger charge is 2.42. The number of hydrogen-bond acceptors (Lipinski definition) is 5. The molecule has 1 atom stereocenters. The lowest BCUT2D eigenvalue weighted by molar-refractivity contribution is -0.137. The summed E-state index contributed by atoms with van der Waals surface area (Å²) in [7, 11) is 0. The number of thioether (sulfide) groups is 1. The molecule has 9 heteroatoms. The lowest BCUT2D eigenvalue weighted by Crippen LogP contribution is -2.39. The van der Waals surface area contributed by atoms with E-state index in [9.17, 15) is 23.2 Å². The lowest BCUT2D eigenvalue weighted by Gasteiger charge is -2.40. The molecule has 5 rings (SSSR count). The van der Waals surface area contributed by atoms with Crippen LogP contribution in [0, 0.1) is 32.1 Å². The van der Waals surface area contributed by atoms with Crippen molar-refractivity contribution in [2.75, 3.05) is 4.90 Å². The van der Waals surface area contributed by atoms with Crippen molar-refractivity contribution in [3.05, 3.63) is 116 Å². The molecule has 4 nitrogen and oxygen atoms in total. The van der Waals surface area contributed by atoms with Crippen LogP contribution >= 0.6 is 23.4 Å². The van der Waals surface area contributed by atoms with Crippen LogP contribution < -0.4 is 10.6 Å². The molecule has 0 amide bonds. The molecule has 0 aromatic heterocycles. The number of nitriles is 1. The number of benzene rings is 3. The molecule has 1 heterocycles. The lowest BCUT2D eigenvalue weighted by atomic mass is 9.73. The van der Waals surface area contributed by atoms with Gasteiger partial charge in [-0.3, -0.25) is 9.69 Å². The van der Waals surface area contributed by atoms with Gasteiger partial charge in [0.25, 0.3) is 0 Å². The molecule has 0 spiro atoms. The second-order valence-electron chi connectivity index (χ2n) is 10.7. The number of carbonyl (C=O) groups is 1. The molecule has 0 radical (unpaired) electrons. The number of halogens is 4. The highest BCUT2D eigenvalue weighted by Crippen LogP contribution is 2.49. The topological polar surface area (TPSA) is 70.1 Å². The minimum Gasteiger partial charge on any atom is -0.384 e. The molecule has 1 aliphatic heterocycles. The molecule has 2 N–H and O–H groups in total. The average molecular weight is 608 g/mol. The Kier molecular flexibility index (Phi) is 8.19. The van der Waals surface area contributed by atoms with Crippen molar-refractivity contribution in [3.8, 4) is 6.07 Å². The summed E-state index contributed by atoms with van der Waals surface area (Å²) in [5.74, 6) is -0.218. The Balaban J connectivity index is 1.66. The molecular weight excluding hydrogens is 579 g/mol. The summed E-state index contributed by atoms with van der Waals surface area (Å²) in [5.41, 5.74) is 11.7. The molecule has 1 unspecified atom stereocenters. The Morgan fingerprint density at radius 2 is 1.76 bits per heavy atom. The SMILES string of the molecule is Cc1ccc(SCc2cc(C)cc(C3C(C#N)=C(N)N(c4cc(C(F)(F)F)ccc4Cl)C4=C3C(=O)CCC4)c2C)cc1. The van der Waals surface area contributed by atoms with E-state index in [0.717, 1.165) is 39.3 Å². The number of rotatable bonds is 5. The van der Waals surface area contributed by atoms with Crippen LogP contribution in [-0.2, 0) is 16.7 Å². The third kappa shape index (κ3) is 5.56. The summed E-state index contributed by atoms with van der Waals surface area (Å²) < 4.78 is 41.0. The van der Waals surface area contributed by atoms with E-state index >= 15 is 0 Å². The molecule has 0 fully saturated rings. The number of alkyl halides is 3. The summed E-state index contributed by atoms with van der Waals surface area (Å²) >= 11 is 8.14. The maximum atomic E-state index is 13.7. The van der Waals surface area contributed by atoms with Gasteiger partial charge in [-0.1, -0.05) is 47.0 Å². The first-order chi connectivity index (χ1) is 19.9. The first kappa shape index (κ1) is 29.8. The number of nitrogens with two attached hydrogens (primary N) is 1. The molecule has 3 aromatic rings. The Labute approximate surface area is 252 Å². The van der Waals surface area contributed by atoms with Crippen molar-refractivity contribution in [3.63, 3.8) is 0 Å². The molecule has 216 valence electrons. The van der Waals surface area contributed by atoms with Crippen molar-refractivity contribution in [2.24, 2.45) is 5.73 Å². The zero-order chi connectivity index (χ0) is 30.3. The largest absolute Gasteiger partial charge is 0.416 e. The quantitative estimate of drug-likeness (QED) is 0.293. The molecule has 0 saturated carbocycles. The fourth-order valence-corrected chi connectivity index (χ4v) is 6.89. The number of ketones is 1. The summed E-state index contributed by atoms with van der Waals surface area (Å²) in [6, 6.07) is 17.6. The first-order valence-corrected chi connectivity index (χ1v) is 14.9. The predicted octanol–water partition coefficient (Wildman–Crippen LogP) is 8.88. The maximum Gasteiger partial charge on any atom is 0.416 e. The van der Waals surface area contributed by atoms with Crippen molar-refractivity contribution >= 4 is 34.8 Å². The smallest absolute Gasteiger partial charge is 0.384 e. The highest BCUT2D eigenvalue weighted by molar-refractivity contribution is 7.98. The van der Waals surface area contributed by atoms with Gasteiger partial charge in [0.2, 0.25) is 0 Å². The van der Waals surface area contributed by atoms with Crippen molar-refractivity contribution in [2.45, 2.75) is 62.8 Å². The summed E-state index contributed by atoms with van der Waals surface area (Å²) in [5, 5.41) is 10.5. The van der Waals surface area contributed by atoms with Gasteiger partial charge in [-0.05, 0) is 80.6 Å². The fourth-order valence-electron chi connectivity index (χ4n) is 5.74. The zero-order valence-corrected chi connectivity index (χ0v) is 25.0. The number of nitrogens with zero attached hydrogens (tertiary/aromatic N) is 2. The fraction of sp³-hybridized carbons (Fsp3) is 0.273. The minimum atomic E-state index is -4.61. The monoisotopic (exact) mass is 607 g/mol. The van der Waals surface area contributed by atoms with Crippen molar-refractivity contribution in [1.82, 2.24) is 0 Å². The third-order valence-corrected chi connectivity index (χ3v) is 9.23. The van der Waals surface area contributed by atoms with Crippen LogP contribution in [0.5, 0.6) is 0 Å². The van der Waals surface area contributed by atoms with Gasteiger partial charge in [-0.15, -0.1) is 11.8 Å². The molecule has 2 aliphatic rings. The van der Waals surface area contributed by atoms with Gasteiger partial charge in [-0.2, -0.15) is 18.4 Å². The Bertz CT molecular complexity index is 1690. The Morgan fingerprint density at radius 3 is 2.43 bits per heavy atom. The van der Waals surface area contributed by atoms with Crippen LogP contribution in [0.15, 0.2) is 82.2 Å². The molecule has 42 heavy (non-hydrogen) atoms. The van der Waals surface area contributed by atoms with Crippen LogP contribution in [0.25, 0.3) is 0 Å². The van der Waals surface area contributed by atoms with Gasteiger partial charge in [0.15, 0.2) is 5.78 Å². The van der Waals surface area contributed by atoms with E-state index in [1.165, 1.54) is 16.5 Å². The third-order valence-electron chi connectivity index (χ3n) is 7.85. The van der Waals surface area contributed by atoms with Crippen molar-refractivity contribution < 1.29 is 18.0 Å². The molecular formula is C33H29ClF3N3OS. The van der Waals surface area contributed by atoms with E-state index in [2.05, 4.69) is 36.4 Å². The predicted molar refractivity (Wildman–Crippen MR) is 161 cm³/mol. The van der Waals surface area contributed by atoms with E-state index in [4.69, 9.17) is 17.3 Å². The zero-order valence-electron chi connectivity index (χ0n) is 23.4. The van der Waals surface area contributed by atoms with Crippen LogP contribution in [-0.4, -0.2) is 5.78 Å². The van der Waals surface area contributed by atoms with Crippen LogP contribution in [0.3, 0.4) is 0 Å². The second kappa shape index (κ2) is 11.5. The van der Waals surface area contributed by atoms with Gasteiger partial charge >= 0.3 is 6.18 Å². The number of aryl methyl sites for hydroxylation is 2. The Morgan fingerprint density at radius 1 is 1.05 bits per heavy atom. The second-order valence-corrected chi connectivity index (χ2v) is 12.2. The molecule has 3 aromatic carbocycles. The molecule has 0 saturated heterocycles. The number of Topliss-reactive ketones (excluding diaryl/α,β-unsaturated/α-hetero) is 1. The number of carbonyl (C=O) groups excluding carboxylic acids is 1. The molecule has 0 bridgehead atoms. The maximum absolute atomic E-state index is 13.7. The summed E-state index contributed by atoms with van der Waals surface area (Å²) in [6.45, 7) is 5.99. The normalized spacial score (nSPS) is 17.4. The van der Waals surface area contributed by atoms with E-state index in [0.29, 0.717) is 29.9 Å². The average Bonchev–Trinajstić information content (AvgIpc) is 2.94. The summed E-state index contributed by atoms with van der Waals surface area (Å²) in [4.78, 5) is 16.1. The first-order valence-electron chi connectivity index (χ1n) is 13.5. The summed E-state index contributed by atoms with van der Waals surface area (Å²) in [6.07, 6.45) is -3.42. The van der Waals surface area contributed by atoms with Gasteiger partial charge < -0.3 is 5.73 Å². The highest BCUT2D eigenvalue weighted by atomic mass is 35.5. The standard InChI is InChI=1S/C33H29ClF3N3OS/c1-18-7-10-23(11-8-18)42-17-21-13-19(2)14-24(20(21)3)30-25(16-38)32(39)40(27-5-4-6-29(41)31(27)30)28-15-22(33(35,36)37)9-12-26(28)34/h7-15,30H,4-6,17,39H2,1-3H3. The number of allylic oxidation sites excluding steroid dienone is 3. The van der Waals surface area contributed by atoms with Crippen LogP contribution in [0.2, 0.25) is 5.02 Å². The Hall–Kier alpha value is -3.67. The number of anilines is 1. The molecule has 1 aliphatic carbocycles. The van der Waals surface area contributed by atoms with Gasteiger partial charge in [0.1, 0.15) is 5.82 Å². The van der Waals surface area contributed by atoms with Gasteiger partial charge in [0, 0.05) is 28.3 Å². The van der Waals surface area contributed by atoms with Gasteiger partial charge in [-0.25, -0.2) is 0 Å². The van der Waals surface area contributed by atoms with E-state index in [-0.39, 0.29) is 34.3 Å². The van der Waals surface area contributed by atoms with E-state index < -0.39 is 17.7 Å². The number of hydrogen-bond donors (Lipinski definition) is 1. The van der Waals surface area contributed by atoms with E-state index in [1.807, 2.05) is 26.8 Å². The van der Waals surface area contributed by atoms with Crippen LogP contribution in [0.1, 0.15) is 58.6 Å².